The number of amides is 4. The van der Waals surface area contributed by atoms with Gasteiger partial charge in [-0.25, -0.2) is 4.79 Å². The highest BCUT2D eigenvalue weighted by Gasteiger charge is 2.43. The second-order valence-corrected chi connectivity index (χ2v) is 8.40. The van der Waals surface area contributed by atoms with Crippen molar-refractivity contribution in [2.24, 2.45) is 0 Å². The normalized spacial score (nSPS) is 22.8. The monoisotopic (exact) mass is 394 g/mol. The predicted octanol–water partition coefficient (Wildman–Crippen LogP) is 2.70. The van der Waals surface area contributed by atoms with Gasteiger partial charge < -0.3 is 15.2 Å². The molecule has 7 heteroatoms. The molecule has 2 aliphatic heterocycles. The number of urea groups is 1. The van der Waals surface area contributed by atoms with Crippen LogP contribution in [0, 0.1) is 0 Å². The maximum atomic E-state index is 13.0. The lowest BCUT2D eigenvalue weighted by Gasteiger charge is -2.29. The molecule has 0 radical (unpaired) electrons. The van der Waals surface area contributed by atoms with Crippen LogP contribution in [0.15, 0.2) is 24.3 Å². The lowest BCUT2D eigenvalue weighted by molar-refractivity contribution is -0.137. The second-order valence-electron chi connectivity index (χ2n) is 8.40. The molecule has 1 aromatic carbocycles. The largest absolute Gasteiger partial charge is 0.358 e. The van der Waals surface area contributed by atoms with Gasteiger partial charge in [-0.3, -0.25) is 14.5 Å². The lowest BCUT2D eigenvalue weighted by atomic mass is 9.94. The molecule has 7 nitrogen and oxygen atoms in total. The number of benzene rings is 1. The molecule has 2 aromatic rings. The Morgan fingerprint density at radius 1 is 1.10 bits per heavy atom. The third kappa shape index (κ3) is 3.18. The van der Waals surface area contributed by atoms with Crippen molar-refractivity contribution in [3.63, 3.8) is 0 Å². The van der Waals surface area contributed by atoms with Crippen LogP contribution in [0.25, 0.3) is 10.9 Å². The van der Waals surface area contributed by atoms with Gasteiger partial charge in [-0.05, 0) is 18.9 Å². The molecule has 0 bridgehead atoms. The zero-order valence-electron chi connectivity index (χ0n) is 16.4. The number of imide groups is 1. The fourth-order valence-corrected chi connectivity index (χ4v) is 5.05. The van der Waals surface area contributed by atoms with E-state index in [-0.39, 0.29) is 30.3 Å². The highest BCUT2D eigenvalue weighted by molar-refractivity contribution is 6.06. The Morgan fingerprint density at radius 2 is 1.90 bits per heavy atom. The first-order chi connectivity index (χ1) is 14.1. The zero-order valence-corrected chi connectivity index (χ0v) is 16.4. The Labute approximate surface area is 169 Å². The molecule has 1 saturated carbocycles. The number of carbonyl (C=O) groups excluding carboxylic acids is 3. The van der Waals surface area contributed by atoms with Crippen molar-refractivity contribution in [2.75, 3.05) is 6.54 Å². The van der Waals surface area contributed by atoms with Crippen molar-refractivity contribution in [1.29, 1.82) is 0 Å². The predicted molar refractivity (Wildman–Crippen MR) is 108 cm³/mol. The number of H-pyrrole nitrogens is 1. The van der Waals surface area contributed by atoms with E-state index in [1.165, 1.54) is 10.6 Å². The summed E-state index contributed by atoms with van der Waals surface area (Å²) in [6, 6.07) is 7.04. The third-order valence-electron chi connectivity index (χ3n) is 6.61. The van der Waals surface area contributed by atoms with Gasteiger partial charge in [0.05, 0.1) is 6.42 Å². The Morgan fingerprint density at radius 3 is 2.72 bits per heavy atom. The molecule has 3 aliphatic rings. The van der Waals surface area contributed by atoms with Crippen molar-refractivity contribution in [1.82, 2.24) is 20.1 Å². The molecule has 29 heavy (non-hydrogen) atoms. The van der Waals surface area contributed by atoms with Crippen LogP contribution >= 0.6 is 0 Å². The Hall–Kier alpha value is -2.83. The second kappa shape index (κ2) is 7.21. The van der Waals surface area contributed by atoms with Crippen LogP contribution in [0.1, 0.15) is 49.8 Å². The molecule has 1 unspecified atom stereocenters. The number of hydrogen-bond acceptors (Lipinski definition) is 3. The average molecular weight is 394 g/mol. The van der Waals surface area contributed by atoms with E-state index in [1.807, 2.05) is 23.1 Å². The summed E-state index contributed by atoms with van der Waals surface area (Å²) in [5, 5.41) is 3.90. The summed E-state index contributed by atoms with van der Waals surface area (Å²) in [5.41, 5.74) is 3.43. The van der Waals surface area contributed by atoms with Gasteiger partial charge in [0.15, 0.2) is 0 Å². The number of aromatic amines is 1. The molecule has 1 atom stereocenters. The van der Waals surface area contributed by atoms with E-state index >= 15 is 0 Å². The van der Waals surface area contributed by atoms with Crippen LogP contribution in [-0.2, 0) is 22.6 Å². The summed E-state index contributed by atoms with van der Waals surface area (Å²) < 4.78 is 0. The quantitative estimate of drug-likeness (QED) is 0.785. The highest BCUT2D eigenvalue weighted by atomic mass is 16.2. The Bertz CT molecular complexity index is 976. The van der Waals surface area contributed by atoms with E-state index in [4.69, 9.17) is 0 Å². The van der Waals surface area contributed by atoms with E-state index < -0.39 is 6.04 Å². The van der Waals surface area contributed by atoms with Crippen LogP contribution in [0.4, 0.5) is 4.79 Å². The Kier molecular flexibility index (Phi) is 4.53. The van der Waals surface area contributed by atoms with Crippen LogP contribution in [0.2, 0.25) is 0 Å². The van der Waals surface area contributed by atoms with Crippen LogP contribution in [-0.4, -0.2) is 51.3 Å². The standard InChI is InChI=1S/C22H26N4O3/c27-20(12-19-21(28)26(22(29)24-19)14-6-2-1-3-7-14)25-11-10-18-16(13-25)15-8-4-5-9-17(15)23-18/h4-5,8-9,14,19,23H,1-3,6-7,10-13H2,(H,24,29). The fraction of sp³-hybridized carbons (Fsp3) is 0.500. The van der Waals surface area contributed by atoms with Crippen molar-refractivity contribution in [3.8, 4) is 0 Å². The van der Waals surface area contributed by atoms with Gasteiger partial charge in [0.25, 0.3) is 5.91 Å². The zero-order chi connectivity index (χ0) is 20.0. The molecule has 1 saturated heterocycles. The highest BCUT2D eigenvalue weighted by Crippen LogP contribution is 2.29. The number of nitrogens with one attached hydrogen (secondary N) is 2. The van der Waals surface area contributed by atoms with E-state index in [0.29, 0.717) is 13.1 Å². The fourth-order valence-electron chi connectivity index (χ4n) is 5.05. The summed E-state index contributed by atoms with van der Waals surface area (Å²) in [7, 11) is 0. The molecule has 2 N–H and O–H groups in total. The summed E-state index contributed by atoms with van der Waals surface area (Å²) >= 11 is 0. The average Bonchev–Trinajstić information content (AvgIpc) is 3.24. The number of rotatable bonds is 3. The molecular weight excluding hydrogens is 368 g/mol. The first kappa shape index (κ1) is 18.2. The van der Waals surface area contributed by atoms with Gasteiger partial charge in [0.2, 0.25) is 5.91 Å². The topological polar surface area (TPSA) is 85.5 Å². The van der Waals surface area contributed by atoms with E-state index in [9.17, 15) is 14.4 Å². The first-order valence-electron chi connectivity index (χ1n) is 10.6. The summed E-state index contributed by atoms with van der Waals surface area (Å²) in [5.74, 6) is -0.315. The van der Waals surface area contributed by atoms with Crippen molar-refractivity contribution >= 4 is 28.7 Å². The number of para-hydroxylation sites is 1. The number of fused-ring (bicyclic) bond motifs is 3. The smallest absolute Gasteiger partial charge is 0.325 e. The number of carbonyl (C=O) groups is 3. The van der Waals surface area contributed by atoms with Gasteiger partial charge >= 0.3 is 6.03 Å². The first-order valence-corrected chi connectivity index (χ1v) is 10.6. The molecule has 0 spiro atoms. The van der Waals surface area contributed by atoms with E-state index in [2.05, 4.69) is 16.4 Å². The minimum atomic E-state index is -0.735. The number of nitrogens with zero attached hydrogens (tertiary/aromatic N) is 2. The van der Waals surface area contributed by atoms with Crippen molar-refractivity contribution in [2.45, 2.75) is 63.6 Å². The van der Waals surface area contributed by atoms with Crippen molar-refractivity contribution in [3.05, 3.63) is 35.5 Å². The van der Waals surface area contributed by atoms with Gasteiger partial charge in [-0.15, -0.1) is 0 Å². The molecule has 3 heterocycles. The SMILES string of the molecule is O=C(CC1NC(=O)N(C2CCCCC2)C1=O)N1CCc2[nH]c3ccccc3c2C1. The Balaban J connectivity index is 1.27. The lowest BCUT2D eigenvalue weighted by Crippen LogP contribution is -2.43. The molecule has 5 rings (SSSR count). The minimum absolute atomic E-state index is 0.0138. The molecule has 152 valence electrons. The summed E-state index contributed by atoms with van der Waals surface area (Å²) in [6.07, 6.45) is 5.80. The molecule has 2 fully saturated rings. The van der Waals surface area contributed by atoms with Crippen LogP contribution in [0.5, 0.6) is 0 Å². The molecule has 1 aromatic heterocycles. The third-order valence-corrected chi connectivity index (χ3v) is 6.61. The van der Waals surface area contributed by atoms with Crippen molar-refractivity contribution < 1.29 is 14.4 Å². The minimum Gasteiger partial charge on any atom is -0.358 e. The summed E-state index contributed by atoms with van der Waals surface area (Å²) in [4.78, 5) is 44.8. The molecular formula is C22H26N4O3. The van der Waals surface area contributed by atoms with Gasteiger partial charge in [-0.1, -0.05) is 37.5 Å². The van der Waals surface area contributed by atoms with Gasteiger partial charge in [0.1, 0.15) is 6.04 Å². The molecule has 1 aliphatic carbocycles. The van der Waals surface area contributed by atoms with Crippen LogP contribution in [0.3, 0.4) is 0 Å². The maximum Gasteiger partial charge on any atom is 0.325 e. The van der Waals surface area contributed by atoms with Gasteiger partial charge in [-0.2, -0.15) is 0 Å². The van der Waals surface area contributed by atoms with Gasteiger partial charge in [0, 0.05) is 47.7 Å². The number of aromatic nitrogens is 1. The van der Waals surface area contributed by atoms with E-state index in [1.54, 1.807) is 0 Å². The summed E-state index contributed by atoms with van der Waals surface area (Å²) in [6.45, 7) is 1.17. The maximum absolute atomic E-state index is 13.0. The van der Waals surface area contributed by atoms with E-state index in [0.717, 1.165) is 55.0 Å². The number of hydrogen-bond donors (Lipinski definition) is 2. The van der Waals surface area contributed by atoms with Crippen LogP contribution < -0.4 is 5.32 Å². The molecule has 4 amide bonds.